The van der Waals surface area contributed by atoms with E-state index in [0.717, 1.165) is 25.0 Å². The summed E-state index contributed by atoms with van der Waals surface area (Å²) in [7, 11) is -3.17. The van der Waals surface area contributed by atoms with Gasteiger partial charge >= 0.3 is 0 Å². The molecule has 16 heavy (non-hydrogen) atoms. The van der Waals surface area contributed by atoms with Gasteiger partial charge in [-0.15, -0.1) is 0 Å². The second-order valence-electron chi connectivity index (χ2n) is 4.26. The Hall–Kier alpha value is -0.880. The summed E-state index contributed by atoms with van der Waals surface area (Å²) in [5.74, 6) is 0.655. The van der Waals surface area contributed by atoms with Crippen molar-refractivity contribution in [3.63, 3.8) is 0 Å². The van der Waals surface area contributed by atoms with Crippen LogP contribution in [0.5, 0.6) is 0 Å². The molecule has 90 valence electrons. The van der Waals surface area contributed by atoms with Crippen molar-refractivity contribution in [1.29, 1.82) is 0 Å². The molecule has 2 rings (SSSR count). The van der Waals surface area contributed by atoms with Gasteiger partial charge in [0.15, 0.2) is 5.76 Å². The van der Waals surface area contributed by atoms with Gasteiger partial charge in [0.2, 0.25) is 10.0 Å². The molecule has 0 amide bonds. The molecule has 2 heterocycles. The van der Waals surface area contributed by atoms with E-state index in [-0.39, 0.29) is 6.04 Å². The molecule has 6 heteroatoms. The van der Waals surface area contributed by atoms with Crippen LogP contribution in [0, 0.1) is 6.92 Å². The highest BCUT2D eigenvalue weighted by molar-refractivity contribution is 7.88. The highest BCUT2D eigenvalue weighted by Crippen LogP contribution is 2.32. The molecule has 1 aromatic heterocycles. The molecule has 1 saturated heterocycles. The predicted octanol–water partition coefficient (Wildman–Crippen LogP) is 1.47. The minimum absolute atomic E-state index is 0.176. The van der Waals surface area contributed by atoms with Crippen molar-refractivity contribution in [2.24, 2.45) is 0 Å². The van der Waals surface area contributed by atoms with Crippen LogP contribution in [0.2, 0.25) is 0 Å². The zero-order valence-corrected chi connectivity index (χ0v) is 10.3. The Morgan fingerprint density at radius 2 is 2.25 bits per heavy atom. The van der Waals surface area contributed by atoms with Gasteiger partial charge in [-0.1, -0.05) is 11.6 Å². The predicted molar refractivity (Wildman–Crippen MR) is 59.4 cm³/mol. The molecule has 0 radical (unpaired) electrons. The summed E-state index contributed by atoms with van der Waals surface area (Å²) in [4.78, 5) is 0. The molecule has 0 saturated carbocycles. The Balaban J connectivity index is 2.30. The summed E-state index contributed by atoms with van der Waals surface area (Å²) >= 11 is 0. The first-order valence-corrected chi connectivity index (χ1v) is 7.23. The quantitative estimate of drug-likeness (QED) is 0.790. The average Bonchev–Trinajstić information content (AvgIpc) is 2.64. The van der Waals surface area contributed by atoms with Gasteiger partial charge < -0.3 is 4.52 Å². The zero-order chi connectivity index (χ0) is 11.8. The van der Waals surface area contributed by atoms with Crippen molar-refractivity contribution in [1.82, 2.24) is 9.46 Å². The first-order valence-electron chi connectivity index (χ1n) is 5.38. The number of sulfonamides is 1. The highest BCUT2D eigenvalue weighted by atomic mass is 32.2. The molecule has 1 fully saturated rings. The smallest absolute Gasteiger partial charge is 0.211 e. The van der Waals surface area contributed by atoms with E-state index in [9.17, 15) is 8.42 Å². The van der Waals surface area contributed by atoms with E-state index >= 15 is 0 Å². The Kier molecular flexibility index (Phi) is 3.03. The van der Waals surface area contributed by atoms with Crippen molar-refractivity contribution in [3.05, 3.63) is 17.5 Å². The number of rotatable bonds is 2. The number of aryl methyl sites for hydroxylation is 1. The van der Waals surface area contributed by atoms with Crippen molar-refractivity contribution < 1.29 is 12.9 Å². The number of piperidine rings is 1. The second-order valence-corrected chi connectivity index (χ2v) is 6.19. The van der Waals surface area contributed by atoms with Crippen molar-refractivity contribution >= 4 is 10.0 Å². The molecule has 1 aromatic rings. The van der Waals surface area contributed by atoms with E-state index in [0.29, 0.717) is 12.3 Å². The number of nitrogens with zero attached hydrogens (tertiary/aromatic N) is 2. The molecule has 0 aliphatic carbocycles. The monoisotopic (exact) mass is 244 g/mol. The first-order chi connectivity index (χ1) is 7.48. The molecular weight excluding hydrogens is 228 g/mol. The van der Waals surface area contributed by atoms with Gasteiger partial charge in [0.05, 0.1) is 18.0 Å². The Morgan fingerprint density at radius 1 is 1.50 bits per heavy atom. The molecular formula is C10H16N2O3S. The molecule has 0 spiro atoms. The minimum atomic E-state index is -3.17. The van der Waals surface area contributed by atoms with E-state index in [1.54, 1.807) is 0 Å². The fraction of sp³-hybridized carbons (Fsp3) is 0.700. The fourth-order valence-electron chi connectivity index (χ4n) is 2.13. The minimum Gasteiger partial charge on any atom is -0.359 e. The SMILES string of the molecule is Cc1cc([C@@H]2CCCCN2S(C)(=O)=O)on1. The second kappa shape index (κ2) is 4.18. The zero-order valence-electron chi connectivity index (χ0n) is 9.51. The van der Waals surface area contributed by atoms with Crippen molar-refractivity contribution in [3.8, 4) is 0 Å². The normalized spacial score (nSPS) is 23.5. The molecule has 1 aliphatic heterocycles. The van der Waals surface area contributed by atoms with Gasteiger partial charge in [-0.25, -0.2) is 8.42 Å². The lowest BCUT2D eigenvalue weighted by atomic mass is 10.0. The van der Waals surface area contributed by atoms with Crippen LogP contribution >= 0.6 is 0 Å². The van der Waals surface area contributed by atoms with Gasteiger partial charge in [0, 0.05) is 12.6 Å². The summed E-state index contributed by atoms with van der Waals surface area (Å²) in [6.07, 6.45) is 3.99. The third-order valence-electron chi connectivity index (χ3n) is 2.85. The van der Waals surface area contributed by atoms with E-state index in [1.807, 2.05) is 13.0 Å². The van der Waals surface area contributed by atoms with E-state index in [1.165, 1.54) is 10.6 Å². The number of hydrogen-bond acceptors (Lipinski definition) is 4. The molecule has 1 atom stereocenters. The van der Waals surface area contributed by atoms with Crippen LogP contribution in [-0.4, -0.2) is 30.7 Å². The van der Waals surface area contributed by atoms with E-state index < -0.39 is 10.0 Å². The van der Waals surface area contributed by atoms with Crippen LogP contribution in [0.1, 0.15) is 36.8 Å². The average molecular weight is 244 g/mol. The number of hydrogen-bond donors (Lipinski definition) is 0. The van der Waals surface area contributed by atoms with E-state index in [4.69, 9.17) is 4.52 Å². The molecule has 0 unspecified atom stereocenters. The summed E-state index contributed by atoms with van der Waals surface area (Å²) < 4.78 is 30.0. The van der Waals surface area contributed by atoms with Crippen LogP contribution in [0.4, 0.5) is 0 Å². The van der Waals surface area contributed by atoms with Gasteiger partial charge in [-0.05, 0) is 19.8 Å². The van der Waals surface area contributed by atoms with Crippen molar-refractivity contribution in [2.75, 3.05) is 12.8 Å². The van der Waals surface area contributed by atoms with Crippen LogP contribution in [0.15, 0.2) is 10.6 Å². The van der Waals surface area contributed by atoms with Crippen LogP contribution in [0.3, 0.4) is 0 Å². The summed E-state index contributed by atoms with van der Waals surface area (Å²) in [5.41, 5.74) is 0.786. The van der Waals surface area contributed by atoms with Crippen molar-refractivity contribution in [2.45, 2.75) is 32.2 Å². The molecule has 0 bridgehead atoms. The third kappa shape index (κ3) is 2.27. The van der Waals surface area contributed by atoms with Crippen LogP contribution in [-0.2, 0) is 10.0 Å². The lowest BCUT2D eigenvalue weighted by molar-refractivity contribution is 0.211. The van der Waals surface area contributed by atoms with Crippen LogP contribution < -0.4 is 0 Å². The third-order valence-corrected chi connectivity index (χ3v) is 4.14. The lowest BCUT2D eigenvalue weighted by Crippen LogP contribution is -2.37. The Bertz CT molecular complexity index is 466. The molecule has 0 aromatic carbocycles. The molecule has 5 nitrogen and oxygen atoms in total. The number of aromatic nitrogens is 1. The van der Waals surface area contributed by atoms with Gasteiger partial charge in [0.1, 0.15) is 0 Å². The standard InChI is InChI=1S/C10H16N2O3S/c1-8-7-10(15-11-8)9-5-3-4-6-12(9)16(2,13)14/h7,9H,3-6H2,1-2H3/t9-/m0/s1. The van der Waals surface area contributed by atoms with Gasteiger partial charge in [-0.3, -0.25) is 0 Å². The molecule has 1 aliphatic rings. The Labute approximate surface area is 95.5 Å². The maximum atomic E-state index is 11.6. The lowest BCUT2D eigenvalue weighted by Gasteiger charge is -2.31. The summed E-state index contributed by atoms with van der Waals surface area (Å²) in [6, 6.07) is 1.64. The topological polar surface area (TPSA) is 63.4 Å². The first kappa shape index (κ1) is 11.6. The highest BCUT2D eigenvalue weighted by Gasteiger charge is 2.32. The van der Waals surface area contributed by atoms with E-state index in [2.05, 4.69) is 5.16 Å². The molecule has 0 N–H and O–H groups in total. The van der Waals surface area contributed by atoms with Crippen LogP contribution in [0.25, 0.3) is 0 Å². The van der Waals surface area contributed by atoms with Gasteiger partial charge in [0.25, 0.3) is 0 Å². The maximum Gasteiger partial charge on any atom is 0.211 e. The van der Waals surface area contributed by atoms with Gasteiger partial charge in [-0.2, -0.15) is 4.31 Å². The summed E-state index contributed by atoms with van der Waals surface area (Å²) in [5, 5.41) is 3.81. The fourth-order valence-corrected chi connectivity index (χ4v) is 3.26. The largest absolute Gasteiger partial charge is 0.359 e. The Morgan fingerprint density at radius 3 is 2.81 bits per heavy atom. The maximum absolute atomic E-state index is 11.6. The summed E-state index contributed by atoms with van der Waals surface area (Å²) in [6.45, 7) is 2.41.